The largest absolute Gasteiger partial charge is 0.345 e. The van der Waals surface area contributed by atoms with E-state index < -0.39 is 0 Å². The van der Waals surface area contributed by atoms with Crippen molar-refractivity contribution >= 4 is 22.6 Å². The Hall–Kier alpha value is -2.89. The van der Waals surface area contributed by atoms with Crippen molar-refractivity contribution in [2.75, 3.05) is 14.1 Å². The molecule has 1 atom stereocenters. The summed E-state index contributed by atoms with van der Waals surface area (Å²) in [5.41, 5.74) is 4.92. The van der Waals surface area contributed by atoms with Crippen molar-refractivity contribution in [2.45, 2.75) is 50.4 Å². The molecule has 2 aliphatic rings. The van der Waals surface area contributed by atoms with E-state index in [2.05, 4.69) is 26.5 Å². The Balaban J connectivity index is 1.58. The second kappa shape index (κ2) is 7.17. The standard InChI is InChI=1S/C23H27N5O/c1-27(2)23(29)17-10-8-15(9-11-17)20-19-14-25-21-18(12-13-24-21)28(19)22(26-20)16-6-4-3-5-7-16/h8,10-16,24H,3-7,9H2,1-2H3. The van der Waals surface area contributed by atoms with Crippen LogP contribution in [0.3, 0.4) is 0 Å². The number of hydrogen-bond acceptors (Lipinski definition) is 3. The number of H-pyrrole nitrogens is 1. The minimum atomic E-state index is 0.0491. The number of carbonyl (C=O) groups excluding carboxylic acids is 1. The summed E-state index contributed by atoms with van der Waals surface area (Å²) in [4.78, 5) is 26.9. The van der Waals surface area contributed by atoms with Gasteiger partial charge in [0.15, 0.2) is 5.65 Å². The molecule has 29 heavy (non-hydrogen) atoms. The third kappa shape index (κ3) is 3.07. The third-order valence-corrected chi connectivity index (χ3v) is 6.30. The number of carbonyl (C=O) groups is 1. The van der Waals surface area contributed by atoms with Gasteiger partial charge in [0.25, 0.3) is 5.91 Å². The van der Waals surface area contributed by atoms with Crippen LogP contribution in [0.15, 0.2) is 42.3 Å². The molecule has 1 amide bonds. The van der Waals surface area contributed by atoms with E-state index in [9.17, 15) is 4.79 Å². The molecule has 1 fully saturated rings. The van der Waals surface area contributed by atoms with Crippen LogP contribution in [-0.2, 0) is 4.79 Å². The number of allylic oxidation sites excluding steroid dienone is 2. The average Bonchev–Trinajstić information content (AvgIpc) is 3.38. The highest BCUT2D eigenvalue weighted by atomic mass is 16.2. The van der Waals surface area contributed by atoms with E-state index in [0.29, 0.717) is 5.92 Å². The molecule has 1 unspecified atom stereocenters. The number of likely N-dealkylation sites (N-methyl/N-ethyl adjacent to an activating group) is 1. The lowest BCUT2D eigenvalue weighted by atomic mass is 9.88. The maximum Gasteiger partial charge on any atom is 0.252 e. The number of imidazole rings is 1. The monoisotopic (exact) mass is 389 g/mol. The van der Waals surface area contributed by atoms with Crippen molar-refractivity contribution in [3.05, 3.63) is 53.8 Å². The fourth-order valence-electron chi connectivity index (χ4n) is 4.76. The fraction of sp³-hybridized carbons (Fsp3) is 0.435. The molecule has 2 aliphatic carbocycles. The van der Waals surface area contributed by atoms with Crippen molar-refractivity contribution in [3.63, 3.8) is 0 Å². The molecule has 3 aromatic rings. The molecule has 1 N–H and O–H groups in total. The second-order valence-corrected chi connectivity index (χ2v) is 8.44. The lowest BCUT2D eigenvalue weighted by molar-refractivity contribution is -0.124. The van der Waals surface area contributed by atoms with E-state index in [1.165, 1.54) is 37.9 Å². The van der Waals surface area contributed by atoms with E-state index in [1.807, 2.05) is 24.5 Å². The summed E-state index contributed by atoms with van der Waals surface area (Å²) in [5.74, 6) is 1.89. The van der Waals surface area contributed by atoms with Gasteiger partial charge in [0.1, 0.15) is 5.82 Å². The Kier molecular flexibility index (Phi) is 4.49. The van der Waals surface area contributed by atoms with Gasteiger partial charge in [-0.15, -0.1) is 0 Å². The molecule has 0 radical (unpaired) electrons. The predicted molar refractivity (Wildman–Crippen MR) is 114 cm³/mol. The first-order valence-corrected chi connectivity index (χ1v) is 10.6. The van der Waals surface area contributed by atoms with Gasteiger partial charge in [0.2, 0.25) is 0 Å². The van der Waals surface area contributed by atoms with Crippen LogP contribution in [0.4, 0.5) is 0 Å². The molecule has 6 heteroatoms. The van der Waals surface area contributed by atoms with Crippen LogP contribution in [0.5, 0.6) is 0 Å². The van der Waals surface area contributed by atoms with Crippen molar-refractivity contribution < 1.29 is 4.79 Å². The minimum Gasteiger partial charge on any atom is -0.345 e. The highest BCUT2D eigenvalue weighted by molar-refractivity contribution is 5.96. The Morgan fingerprint density at radius 2 is 2.03 bits per heavy atom. The number of hydrogen-bond donors (Lipinski definition) is 1. The molecule has 1 saturated carbocycles. The summed E-state index contributed by atoms with van der Waals surface area (Å²) < 4.78 is 2.32. The number of amides is 1. The molecule has 3 aromatic heterocycles. The fourth-order valence-corrected chi connectivity index (χ4v) is 4.76. The first-order valence-electron chi connectivity index (χ1n) is 10.6. The van der Waals surface area contributed by atoms with E-state index in [0.717, 1.165) is 34.4 Å². The lowest BCUT2D eigenvalue weighted by Crippen LogP contribution is -2.23. The van der Waals surface area contributed by atoms with Gasteiger partial charge < -0.3 is 9.88 Å². The van der Waals surface area contributed by atoms with Gasteiger partial charge in [-0.25, -0.2) is 9.97 Å². The Morgan fingerprint density at radius 1 is 1.21 bits per heavy atom. The predicted octanol–water partition coefficient (Wildman–Crippen LogP) is 4.32. The van der Waals surface area contributed by atoms with E-state index in [1.54, 1.807) is 19.0 Å². The molecule has 0 aliphatic heterocycles. The van der Waals surface area contributed by atoms with Gasteiger partial charge in [-0.1, -0.05) is 37.5 Å². The Morgan fingerprint density at radius 3 is 2.76 bits per heavy atom. The van der Waals surface area contributed by atoms with E-state index >= 15 is 0 Å². The normalized spacial score (nSPS) is 20.3. The summed E-state index contributed by atoms with van der Waals surface area (Å²) in [6.07, 6.45) is 17.1. The number of fused-ring (bicyclic) bond motifs is 3. The average molecular weight is 390 g/mol. The van der Waals surface area contributed by atoms with Gasteiger partial charge in [0.05, 0.1) is 22.9 Å². The zero-order chi connectivity index (χ0) is 20.0. The zero-order valence-corrected chi connectivity index (χ0v) is 17.1. The molecule has 6 nitrogen and oxygen atoms in total. The van der Waals surface area contributed by atoms with Crippen molar-refractivity contribution in [1.82, 2.24) is 24.3 Å². The number of nitrogens with one attached hydrogen (secondary N) is 1. The molecule has 0 spiro atoms. The highest BCUT2D eigenvalue weighted by Gasteiger charge is 2.27. The SMILES string of the molecule is CN(C)C(=O)C1=CCC(c2nc(C3CCCCC3)n3c2cnc2[nH]ccc23)C=C1. The molecule has 150 valence electrons. The minimum absolute atomic E-state index is 0.0491. The summed E-state index contributed by atoms with van der Waals surface area (Å²) in [6, 6.07) is 2.09. The molecule has 0 bridgehead atoms. The first-order chi connectivity index (χ1) is 14.1. The van der Waals surface area contributed by atoms with Crippen LogP contribution >= 0.6 is 0 Å². The van der Waals surface area contributed by atoms with Gasteiger partial charge in [-0.3, -0.25) is 9.20 Å². The summed E-state index contributed by atoms with van der Waals surface area (Å²) in [6.45, 7) is 0. The van der Waals surface area contributed by atoms with E-state index in [4.69, 9.17) is 4.98 Å². The van der Waals surface area contributed by atoms with Gasteiger partial charge in [-0.05, 0) is 25.3 Å². The van der Waals surface area contributed by atoms with E-state index in [-0.39, 0.29) is 11.8 Å². The van der Waals surface area contributed by atoms with Gasteiger partial charge in [0, 0.05) is 37.7 Å². The second-order valence-electron chi connectivity index (χ2n) is 8.44. The van der Waals surface area contributed by atoms with Crippen LogP contribution in [0.25, 0.3) is 16.7 Å². The molecule has 0 saturated heterocycles. The summed E-state index contributed by atoms with van der Waals surface area (Å²) in [7, 11) is 3.58. The Bertz CT molecular complexity index is 1130. The maximum atomic E-state index is 12.3. The smallest absolute Gasteiger partial charge is 0.252 e. The summed E-state index contributed by atoms with van der Waals surface area (Å²) >= 11 is 0. The first kappa shape index (κ1) is 18.2. The van der Waals surface area contributed by atoms with Crippen molar-refractivity contribution in [2.24, 2.45) is 0 Å². The summed E-state index contributed by atoms with van der Waals surface area (Å²) in [5, 5.41) is 0. The quantitative estimate of drug-likeness (QED) is 0.726. The molecule has 5 rings (SSSR count). The number of nitrogens with zero attached hydrogens (tertiary/aromatic N) is 4. The molecule has 3 heterocycles. The topological polar surface area (TPSA) is 66.3 Å². The van der Waals surface area contributed by atoms with Gasteiger partial charge in [-0.2, -0.15) is 0 Å². The van der Waals surface area contributed by atoms with Crippen LogP contribution in [0.1, 0.15) is 61.9 Å². The molecular formula is C23H27N5O. The van der Waals surface area contributed by atoms with Crippen LogP contribution in [-0.4, -0.2) is 44.3 Å². The zero-order valence-electron chi connectivity index (χ0n) is 17.1. The van der Waals surface area contributed by atoms with Crippen LogP contribution in [0.2, 0.25) is 0 Å². The molecule has 0 aromatic carbocycles. The maximum absolute atomic E-state index is 12.3. The highest BCUT2D eigenvalue weighted by Crippen LogP contribution is 2.37. The number of rotatable bonds is 3. The van der Waals surface area contributed by atoms with Crippen LogP contribution < -0.4 is 0 Å². The van der Waals surface area contributed by atoms with Crippen molar-refractivity contribution in [1.29, 1.82) is 0 Å². The van der Waals surface area contributed by atoms with Gasteiger partial charge >= 0.3 is 0 Å². The number of aromatic nitrogens is 4. The third-order valence-electron chi connectivity index (χ3n) is 6.30. The van der Waals surface area contributed by atoms with Crippen molar-refractivity contribution in [3.8, 4) is 0 Å². The number of aromatic amines is 1. The molecular weight excluding hydrogens is 362 g/mol. The lowest BCUT2D eigenvalue weighted by Gasteiger charge is -2.20. The Labute approximate surface area is 170 Å². The van der Waals surface area contributed by atoms with Crippen LogP contribution in [0, 0.1) is 0 Å².